The van der Waals surface area contributed by atoms with Gasteiger partial charge in [-0.15, -0.1) is 0 Å². The second-order valence-electron chi connectivity index (χ2n) is 3.36. The molecule has 5 heteroatoms. The fraction of sp³-hybridized carbons (Fsp3) is 0.182. The Morgan fingerprint density at radius 3 is 2.88 bits per heavy atom. The second-order valence-corrected chi connectivity index (χ2v) is 3.36. The number of H-pyrrole nitrogens is 1. The van der Waals surface area contributed by atoms with Crippen LogP contribution in [0.4, 0.5) is 0 Å². The van der Waals surface area contributed by atoms with Crippen molar-refractivity contribution in [1.82, 2.24) is 15.0 Å². The van der Waals surface area contributed by atoms with Gasteiger partial charge in [-0.1, -0.05) is 0 Å². The molecule has 1 N–H and O–H groups in total. The summed E-state index contributed by atoms with van der Waals surface area (Å²) in [4.78, 5) is 21.9. The minimum absolute atomic E-state index is 0.232. The molecule has 2 heterocycles. The van der Waals surface area contributed by atoms with Crippen LogP contribution < -0.4 is 10.3 Å². The van der Waals surface area contributed by atoms with Gasteiger partial charge in [0.05, 0.1) is 11.8 Å². The van der Waals surface area contributed by atoms with Crippen LogP contribution in [0, 0.1) is 13.8 Å². The zero-order chi connectivity index (χ0) is 11.5. The third kappa shape index (κ3) is 2.25. The van der Waals surface area contributed by atoms with E-state index in [1.807, 2.05) is 6.92 Å². The maximum atomic E-state index is 11.2. The van der Waals surface area contributed by atoms with E-state index >= 15 is 0 Å². The molecule has 2 rings (SSSR count). The van der Waals surface area contributed by atoms with Gasteiger partial charge < -0.3 is 9.72 Å². The molecule has 5 nitrogen and oxygen atoms in total. The Kier molecular flexibility index (Phi) is 2.68. The lowest BCUT2D eigenvalue weighted by Gasteiger charge is -2.06. The molecule has 0 aromatic carbocycles. The molecular formula is C11H11N3O2. The normalized spacial score (nSPS) is 10.1. The van der Waals surface area contributed by atoms with E-state index in [4.69, 9.17) is 4.74 Å². The molecule has 0 fully saturated rings. The van der Waals surface area contributed by atoms with Gasteiger partial charge in [-0.2, -0.15) is 0 Å². The minimum atomic E-state index is -0.232. The van der Waals surface area contributed by atoms with Gasteiger partial charge in [0.25, 0.3) is 5.56 Å². The van der Waals surface area contributed by atoms with Crippen LogP contribution in [0.1, 0.15) is 11.5 Å². The van der Waals surface area contributed by atoms with Crippen molar-refractivity contribution in [2.45, 2.75) is 13.8 Å². The van der Waals surface area contributed by atoms with E-state index in [9.17, 15) is 4.79 Å². The first-order valence-corrected chi connectivity index (χ1v) is 4.82. The van der Waals surface area contributed by atoms with Crippen molar-refractivity contribution in [2.24, 2.45) is 0 Å². The van der Waals surface area contributed by atoms with Crippen LogP contribution in [-0.2, 0) is 0 Å². The summed E-state index contributed by atoms with van der Waals surface area (Å²) < 4.78 is 5.48. The van der Waals surface area contributed by atoms with Gasteiger partial charge in [-0.05, 0) is 26.0 Å². The number of pyridine rings is 1. The molecule has 0 aliphatic heterocycles. The van der Waals surface area contributed by atoms with Gasteiger partial charge in [0, 0.05) is 6.20 Å². The topological polar surface area (TPSA) is 67.9 Å². The number of aromatic amines is 1. The molecule has 16 heavy (non-hydrogen) atoms. The average Bonchev–Trinajstić information content (AvgIpc) is 2.20. The SMILES string of the molecule is Cc1nc(Oc2cccnc2C)cc(=O)[nH]1. The van der Waals surface area contributed by atoms with E-state index in [1.54, 1.807) is 25.3 Å². The Balaban J connectivity index is 2.34. The summed E-state index contributed by atoms with van der Waals surface area (Å²) in [5, 5.41) is 0. The molecule has 2 aromatic heterocycles. The smallest absolute Gasteiger partial charge is 0.254 e. The minimum Gasteiger partial charge on any atom is -0.437 e. The van der Waals surface area contributed by atoms with Gasteiger partial charge in [0.1, 0.15) is 5.82 Å². The number of nitrogens with zero attached hydrogens (tertiary/aromatic N) is 2. The number of hydrogen-bond donors (Lipinski definition) is 1. The lowest BCUT2D eigenvalue weighted by molar-refractivity contribution is 0.452. The van der Waals surface area contributed by atoms with E-state index in [0.29, 0.717) is 11.6 Å². The number of ether oxygens (including phenoxy) is 1. The molecule has 0 amide bonds. The predicted molar refractivity (Wildman–Crippen MR) is 58.6 cm³/mol. The number of aromatic nitrogens is 3. The standard InChI is InChI=1S/C11H11N3O2/c1-7-9(4-3-5-12-7)16-11-6-10(15)13-8(2)14-11/h3-6H,1-2H3,(H,13,14,15). The highest BCUT2D eigenvalue weighted by Crippen LogP contribution is 2.20. The summed E-state index contributed by atoms with van der Waals surface area (Å²) >= 11 is 0. The van der Waals surface area contributed by atoms with Crippen LogP contribution >= 0.6 is 0 Å². The highest BCUT2D eigenvalue weighted by molar-refractivity contribution is 5.29. The average molecular weight is 217 g/mol. The highest BCUT2D eigenvalue weighted by atomic mass is 16.5. The van der Waals surface area contributed by atoms with Gasteiger partial charge >= 0.3 is 0 Å². The van der Waals surface area contributed by atoms with Gasteiger partial charge in [-0.25, -0.2) is 4.98 Å². The van der Waals surface area contributed by atoms with Crippen LogP contribution in [0.15, 0.2) is 29.2 Å². The maximum Gasteiger partial charge on any atom is 0.254 e. The molecule has 0 saturated heterocycles. The highest BCUT2D eigenvalue weighted by Gasteiger charge is 2.03. The zero-order valence-corrected chi connectivity index (χ0v) is 9.02. The summed E-state index contributed by atoms with van der Waals surface area (Å²) in [7, 11) is 0. The molecule has 2 aromatic rings. The van der Waals surface area contributed by atoms with Crippen molar-refractivity contribution < 1.29 is 4.74 Å². The molecule has 0 bridgehead atoms. The first kappa shape index (κ1) is 10.4. The first-order valence-electron chi connectivity index (χ1n) is 4.82. The van der Waals surface area contributed by atoms with Crippen LogP contribution in [-0.4, -0.2) is 15.0 Å². The summed E-state index contributed by atoms with van der Waals surface area (Å²) in [5.74, 6) is 1.39. The molecule has 0 spiro atoms. The van der Waals surface area contributed by atoms with E-state index in [-0.39, 0.29) is 11.4 Å². The summed E-state index contributed by atoms with van der Waals surface area (Å²) in [6, 6.07) is 4.85. The number of nitrogens with one attached hydrogen (secondary N) is 1. The Morgan fingerprint density at radius 1 is 1.38 bits per heavy atom. The molecule has 0 radical (unpaired) electrons. The quantitative estimate of drug-likeness (QED) is 0.829. The molecule has 0 atom stereocenters. The third-order valence-corrected chi connectivity index (χ3v) is 2.01. The third-order valence-electron chi connectivity index (χ3n) is 2.01. The van der Waals surface area contributed by atoms with Crippen LogP contribution in [0.3, 0.4) is 0 Å². The fourth-order valence-corrected chi connectivity index (χ4v) is 1.29. The molecule has 82 valence electrons. The fourth-order valence-electron chi connectivity index (χ4n) is 1.29. The largest absolute Gasteiger partial charge is 0.437 e. The van der Waals surface area contributed by atoms with Crippen molar-refractivity contribution in [3.63, 3.8) is 0 Å². The van der Waals surface area contributed by atoms with E-state index in [1.165, 1.54) is 6.07 Å². The number of aryl methyl sites for hydroxylation is 2. The van der Waals surface area contributed by atoms with Gasteiger partial charge in [-0.3, -0.25) is 9.78 Å². The molecule has 0 saturated carbocycles. The predicted octanol–water partition coefficient (Wildman–Crippen LogP) is 1.57. The summed E-state index contributed by atoms with van der Waals surface area (Å²) in [6.07, 6.45) is 1.68. The molecular weight excluding hydrogens is 206 g/mol. The Morgan fingerprint density at radius 2 is 2.19 bits per heavy atom. The summed E-state index contributed by atoms with van der Waals surface area (Å²) in [6.45, 7) is 3.53. The maximum absolute atomic E-state index is 11.2. The Labute approximate surface area is 92.2 Å². The van der Waals surface area contributed by atoms with Gasteiger partial charge in [0.15, 0.2) is 5.75 Å². The van der Waals surface area contributed by atoms with Crippen molar-refractivity contribution in [2.75, 3.05) is 0 Å². The van der Waals surface area contributed by atoms with Crippen LogP contribution in [0.25, 0.3) is 0 Å². The molecule has 0 unspecified atom stereocenters. The Bertz CT molecular complexity index is 563. The lowest BCUT2D eigenvalue weighted by Crippen LogP contribution is -2.08. The zero-order valence-electron chi connectivity index (χ0n) is 9.02. The molecule has 0 aliphatic carbocycles. The van der Waals surface area contributed by atoms with E-state index < -0.39 is 0 Å². The lowest BCUT2D eigenvalue weighted by atomic mass is 10.3. The Hall–Kier alpha value is -2.17. The van der Waals surface area contributed by atoms with Gasteiger partial charge in [0.2, 0.25) is 5.88 Å². The van der Waals surface area contributed by atoms with Crippen LogP contribution in [0.2, 0.25) is 0 Å². The second kappa shape index (κ2) is 4.14. The van der Waals surface area contributed by atoms with Crippen LogP contribution in [0.5, 0.6) is 11.6 Å². The number of rotatable bonds is 2. The van der Waals surface area contributed by atoms with E-state index in [0.717, 1.165) is 5.69 Å². The van der Waals surface area contributed by atoms with Crippen molar-refractivity contribution in [3.05, 3.63) is 46.3 Å². The van der Waals surface area contributed by atoms with E-state index in [2.05, 4.69) is 15.0 Å². The monoisotopic (exact) mass is 217 g/mol. The summed E-state index contributed by atoms with van der Waals surface area (Å²) in [5.41, 5.74) is 0.520. The van der Waals surface area contributed by atoms with Crippen molar-refractivity contribution in [3.8, 4) is 11.6 Å². The van der Waals surface area contributed by atoms with Crippen molar-refractivity contribution in [1.29, 1.82) is 0 Å². The van der Waals surface area contributed by atoms with Crippen molar-refractivity contribution >= 4 is 0 Å². The molecule has 0 aliphatic rings. The first-order chi connectivity index (χ1) is 7.65. The number of hydrogen-bond acceptors (Lipinski definition) is 4.